The number of allylic oxidation sites excluding steroid dienone is 2. The lowest BCUT2D eigenvalue weighted by molar-refractivity contribution is -0.145. The molecule has 0 N–H and O–H groups in total. The quantitative estimate of drug-likeness (QED) is 0.306. The average molecular weight is 520 g/mol. The Hall–Kier alpha value is 0.620. The molecule has 2 amide bonds. The minimum Gasteiger partial charge on any atom is -0.279 e. The van der Waals surface area contributed by atoms with Gasteiger partial charge >= 0.3 is 0 Å². The molecule has 4 fully saturated rings. The van der Waals surface area contributed by atoms with Crippen molar-refractivity contribution in [3.05, 3.63) is 10.1 Å². The number of carbonyl (C=O) groups is 2. The Morgan fingerprint density at radius 3 is 2.03 bits per heavy atom. The SMILES string of the molecule is C[C@]12C[C@@H]3[C@H](C[C@@H]1C(=O)N(C1CCCCC1)C2=O)[C@@]1(Cl)C(Cl)=C(Cl)[C@@]3(Cl)C1(Cl)Cl. The maximum Gasteiger partial charge on any atom is 0.236 e. The van der Waals surface area contributed by atoms with E-state index in [1.54, 1.807) is 4.90 Å². The molecule has 0 aromatic heterocycles. The van der Waals surface area contributed by atoms with E-state index < -0.39 is 25.4 Å². The zero-order valence-corrected chi connectivity index (χ0v) is 20.3. The molecule has 3 nitrogen and oxygen atoms in total. The van der Waals surface area contributed by atoms with Gasteiger partial charge in [0.05, 0.1) is 21.4 Å². The molecule has 4 aliphatic carbocycles. The standard InChI is InChI=1S/C20H21Cl6NO2/c1-17-8-12-10(18(23)13(21)14(22)19(12,24)20(18,25)26)7-11(17)15(28)27(16(17)29)9-5-3-2-4-6-9/h9-12H,2-8H2,1H3/t10-,11+,12+,17-,18+,19+/m0/s1. The first-order valence-electron chi connectivity index (χ1n) is 10.1. The van der Waals surface area contributed by atoms with E-state index in [1.807, 2.05) is 6.92 Å². The molecule has 1 aliphatic heterocycles. The first-order valence-corrected chi connectivity index (χ1v) is 12.4. The number of fused-ring (bicyclic) bond motifs is 6. The molecule has 1 heterocycles. The van der Waals surface area contributed by atoms with Crippen LogP contribution in [0, 0.1) is 23.2 Å². The van der Waals surface area contributed by atoms with Crippen molar-refractivity contribution in [2.45, 2.75) is 72.0 Å². The van der Waals surface area contributed by atoms with Gasteiger partial charge in [-0.15, -0.1) is 23.2 Å². The average Bonchev–Trinajstić information content (AvgIpc) is 3.01. The van der Waals surface area contributed by atoms with Crippen molar-refractivity contribution < 1.29 is 9.59 Å². The Labute approximate surface area is 200 Å². The van der Waals surface area contributed by atoms with Crippen molar-refractivity contribution in [3.8, 4) is 0 Å². The van der Waals surface area contributed by atoms with Gasteiger partial charge in [0.15, 0.2) is 4.33 Å². The van der Waals surface area contributed by atoms with Crippen molar-refractivity contribution >= 4 is 81.4 Å². The fourth-order valence-corrected chi connectivity index (χ4v) is 9.86. The van der Waals surface area contributed by atoms with Crippen LogP contribution >= 0.6 is 69.6 Å². The van der Waals surface area contributed by atoms with Gasteiger partial charge in [-0.3, -0.25) is 14.5 Å². The summed E-state index contributed by atoms with van der Waals surface area (Å²) in [6.07, 6.45) is 5.71. The number of alkyl halides is 4. The molecular weight excluding hydrogens is 499 g/mol. The third-order valence-electron chi connectivity index (χ3n) is 8.34. The molecule has 5 rings (SSSR count). The van der Waals surface area contributed by atoms with E-state index in [-0.39, 0.29) is 39.8 Å². The molecule has 2 bridgehead atoms. The minimum atomic E-state index is -1.63. The molecular formula is C20H21Cl6NO2. The van der Waals surface area contributed by atoms with Crippen molar-refractivity contribution in [2.24, 2.45) is 23.2 Å². The van der Waals surface area contributed by atoms with Gasteiger partial charge < -0.3 is 0 Å². The predicted molar refractivity (Wildman–Crippen MR) is 117 cm³/mol. The van der Waals surface area contributed by atoms with Crippen LogP contribution < -0.4 is 0 Å². The summed E-state index contributed by atoms with van der Waals surface area (Å²) < 4.78 is -1.63. The molecule has 0 aromatic rings. The Morgan fingerprint density at radius 2 is 1.45 bits per heavy atom. The number of rotatable bonds is 1. The summed E-state index contributed by atoms with van der Waals surface area (Å²) in [4.78, 5) is 25.8. The first-order chi connectivity index (χ1) is 13.4. The van der Waals surface area contributed by atoms with Gasteiger partial charge in [-0.1, -0.05) is 65.7 Å². The number of imide groups is 1. The van der Waals surface area contributed by atoms with E-state index in [4.69, 9.17) is 69.6 Å². The van der Waals surface area contributed by atoms with Gasteiger partial charge in [0.25, 0.3) is 0 Å². The molecule has 6 atom stereocenters. The van der Waals surface area contributed by atoms with Gasteiger partial charge in [-0.2, -0.15) is 0 Å². The fraction of sp³-hybridized carbons (Fsp3) is 0.800. The number of hydrogen-bond acceptors (Lipinski definition) is 2. The summed E-state index contributed by atoms with van der Waals surface area (Å²) in [7, 11) is 0. The van der Waals surface area contributed by atoms with Crippen molar-refractivity contribution in [3.63, 3.8) is 0 Å². The van der Waals surface area contributed by atoms with E-state index in [0.717, 1.165) is 32.1 Å². The van der Waals surface area contributed by atoms with Gasteiger partial charge in [0, 0.05) is 6.04 Å². The molecule has 0 spiro atoms. The number of amides is 2. The lowest BCUT2D eigenvalue weighted by Gasteiger charge is -2.46. The highest BCUT2D eigenvalue weighted by atomic mass is 35.5. The number of likely N-dealkylation sites (tertiary alicyclic amines) is 1. The highest BCUT2D eigenvalue weighted by Crippen LogP contribution is 2.80. The zero-order chi connectivity index (χ0) is 21.1. The molecule has 5 aliphatic rings. The molecule has 3 saturated carbocycles. The van der Waals surface area contributed by atoms with E-state index in [9.17, 15) is 9.59 Å². The third-order valence-corrected chi connectivity index (χ3v) is 12.7. The largest absolute Gasteiger partial charge is 0.279 e. The first kappa shape index (κ1) is 21.5. The Kier molecular flexibility index (Phi) is 4.70. The molecule has 160 valence electrons. The summed E-state index contributed by atoms with van der Waals surface area (Å²) in [6.45, 7) is 1.87. The van der Waals surface area contributed by atoms with Crippen LogP contribution in [0.4, 0.5) is 0 Å². The van der Waals surface area contributed by atoms with Crippen molar-refractivity contribution in [1.29, 1.82) is 0 Å². The Bertz CT molecular complexity index is 854. The summed E-state index contributed by atoms with van der Waals surface area (Å²) in [5, 5.41) is 0.316. The van der Waals surface area contributed by atoms with Crippen LogP contribution in [0.1, 0.15) is 51.9 Å². The van der Waals surface area contributed by atoms with Crippen LogP contribution in [0.15, 0.2) is 10.1 Å². The number of hydrogen-bond donors (Lipinski definition) is 0. The summed E-state index contributed by atoms with van der Waals surface area (Å²) in [5.41, 5.74) is -0.858. The van der Waals surface area contributed by atoms with Crippen LogP contribution in [0.25, 0.3) is 0 Å². The molecule has 1 saturated heterocycles. The second-order valence-corrected chi connectivity index (χ2v) is 12.8. The predicted octanol–water partition coefficient (Wildman–Crippen LogP) is 6.18. The highest BCUT2D eigenvalue weighted by Gasteiger charge is 2.84. The van der Waals surface area contributed by atoms with Crippen LogP contribution in [0.5, 0.6) is 0 Å². The maximum absolute atomic E-state index is 13.5. The van der Waals surface area contributed by atoms with Crippen LogP contribution in [0.3, 0.4) is 0 Å². The van der Waals surface area contributed by atoms with Gasteiger partial charge in [0.1, 0.15) is 9.75 Å². The van der Waals surface area contributed by atoms with Gasteiger partial charge in [-0.25, -0.2) is 0 Å². The number of carbonyl (C=O) groups excluding carboxylic acids is 2. The lowest BCUT2D eigenvalue weighted by atomic mass is 9.58. The number of nitrogens with zero attached hydrogens (tertiary/aromatic N) is 1. The molecule has 0 unspecified atom stereocenters. The molecule has 29 heavy (non-hydrogen) atoms. The fourth-order valence-electron chi connectivity index (χ4n) is 6.77. The molecule has 9 heteroatoms. The van der Waals surface area contributed by atoms with E-state index in [2.05, 4.69) is 0 Å². The Morgan fingerprint density at radius 1 is 0.897 bits per heavy atom. The molecule has 0 radical (unpaired) electrons. The Balaban J connectivity index is 1.57. The summed E-state index contributed by atoms with van der Waals surface area (Å²) >= 11 is 40.4. The van der Waals surface area contributed by atoms with E-state index in [1.165, 1.54) is 0 Å². The lowest BCUT2D eigenvalue weighted by Crippen LogP contribution is -2.49. The maximum atomic E-state index is 13.5. The summed E-state index contributed by atoms with van der Waals surface area (Å²) in [6, 6.07) is -0.0110. The smallest absolute Gasteiger partial charge is 0.236 e. The normalized spacial score (nSPS) is 49.1. The van der Waals surface area contributed by atoms with Crippen LogP contribution in [-0.2, 0) is 9.59 Å². The third kappa shape index (κ3) is 2.22. The van der Waals surface area contributed by atoms with E-state index in [0.29, 0.717) is 12.8 Å². The minimum absolute atomic E-state index is 0.0110. The second-order valence-electron chi connectivity index (χ2n) is 9.55. The highest BCUT2D eigenvalue weighted by molar-refractivity contribution is 6.65. The van der Waals surface area contributed by atoms with Crippen molar-refractivity contribution in [2.75, 3.05) is 0 Å². The monoisotopic (exact) mass is 517 g/mol. The van der Waals surface area contributed by atoms with Gasteiger partial charge in [0.2, 0.25) is 11.8 Å². The van der Waals surface area contributed by atoms with E-state index >= 15 is 0 Å². The van der Waals surface area contributed by atoms with Gasteiger partial charge in [-0.05, 0) is 44.4 Å². The summed E-state index contributed by atoms with van der Waals surface area (Å²) in [5.74, 6) is -1.37. The van der Waals surface area contributed by atoms with Crippen LogP contribution in [-0.4, -0.2) is 36.8 Å². The topological polar surface area (TPSA) is 37.4 Å². The van der Waals surface area contributed by atoms with Crippen molar-refractivity contribution in [1.82, 2.24) is 4.90 Å². The second kappa shape index (κ2) is 6.35. The zero-order valence-electron chi connectivity index (χ0n) is 15.8. The number of halogens is 6. The van der Waals surface area contributed by atoms with Crippen LogP contribution in [0.2, 0.25) is 0 Å². The molecule has 0 aromatic carbocycles.